The Balaban J connectivity index is 2.99. The molecule has 1 aromatic carbocycles. The van der Waals surface area contributed by atoms with Crippen LogP contribution in [0.1, 0.15) is 12.5 Å². The van der Waals surface area contributed by atoms with E-state index in [9.17, 15) is 4.79 Å². The van der Waals surface area contributed by atoms with E-state index in [2.05, 4.69) is 0 Å². The fraction of sp³-hybridized carbons (Fsp3) is 0.385. The number of hydrogen-bond donors (Lipinski definition) is 1. The number of anilines is 1. The van der Waals surface area contributed by atoms with Gasteiger partial charge in [0.2, 0.25) is 5.91 Å². The summed E-state index contributed by atoms with van der Waals surface area (Å²) in [7, 11) is 3.46. The normalized spacial score (nSPS) is 10.1. The number of likely N-dealkylation sites (N-methyl/N-ethyl adjacent to an activating group) is 2. The van der Waals surface area contributed by atoms with Gasteiger partial charge < -0.3 is 15.5 Å². The molecule has 0 heterocycles. The summed E-state index contributed by atoms with van der Waals surface area (Å²) < 4.78 is 0. The van der Waals surface area contributed by atoms with Crippen LogP contribution in [0.3, 0.4) is 0 Å². The van der Waals surface area contributed by atoms with Crippen molar-refractivity contribution in [2.45, 2.75) is 6.92 Å². The fourth-order valence-electron chi connectivity index (χ4n) is 1.59. The van der Waals surface area contributed by atoms with Crippen LogP contribution in [0.4, 0.5) is 5.69 Å². The SMILES string of the molecule is CCN(CC(=O)N(C)C)c1ccc(C(N)=S)cc1Cl. The zero-order valence-corrected chi connectivity index (χ0v) is 12.9. The first kappa shape index (κ1) is 15.7. The zero-order chi connectivity index (χ0) is 14.6. The molecule has 0 aliphatic carbocycles. The molecule has 19 heavy (non-hydrogen) atoms. The third kappa shape index (κ3) is 4.08. The Kier molecular flexibility index (Phi) is 5.57. The molecule has 0 radical (unpaired) electrons. The van der Waals surface area contributed by atoms with Gasteiger partial charge in [-0.15, -0.1) is 0 Å². The van der Waals surface area contributed by atoms with Gasteiger partial charge >= 0.3 is 0 Å². The van der Waals surface area contributed by atoms with Crippen molar-refractivity contribution in [2.24, 2.45) is 5.73 Å². The molecule has 1 amide bonds. The van der Waals surface area contributed by atoms with Gasteiger partial charge in [-0.1, -0.05) is 23.8 Å². The van der Waals surface area contributed by atoms with Gasteiger partial charge in [0.15, 0.2) is 0 Å². The molecule has 0 spiro atoms. The minimum atomic E-state index is 0.0244. The van der Waals surface area contributed by atoms with Crippen LogP contribution in [-0.2, 0) is 4.79 Å². The van der Waals surface area contributed by atoms with Gasteiger partial charge in [0.05, 0.1) is 17.3 Å². The number of rotatable bonds is 5. The molecule has 1 aromatic rings. The molecule has 104 valence electrons. The predicted octanol–water partition coefficient (Wildman–Crippen LogP) is 1.89. The molecule has 0 unspecified atom stereocenters. The Morgan fingerprint density at radius 1 is 1.42 bits per heavy atom. The zero-order valence-electron chi connectivity index (χ0n) is 11.3. The van der Waals surface area contributed by atoms with Crippen LogP contribution < -0.4 is 10.6 Å². The summed E-state index contributed by atoms with van der Waals surface area (Å²) >= 11 is 11.1. The van der Waals surface area contributed by atoms with Crippen LogP contribution in [-0.4, -0.2) is 43.0 Å². The number of amides is 1. The Morgan fingerprint density at radius 3 is 2.47 bits per heavy atom. The summed E-state index contributed by atoms with van der Waals surface area (Å²) in [5, 5.41) is 0.540. The van der Waals surface area contributed by atoms with Crippen molar-refractivity contribution in [1.29, 1.82) is 0 Å². The number of carbonyl (C=O) groups is 1. The van der Waals surface area contributed by atoms with Gasteiger partial charge in [-0.05, 0) is 25.1 Å². The summed E-state index contributed by atoms with van der Waals surface area (Å²) in [6.07, 6.45) is 0. The van der Waals surface area contributed by atoms with Crippen LogP contribution in [0.2, 0.25) is 5.02 Å². The highest BCUT2D eigenvalue weighted by Gasteiger charge is 2.14. The predicted molar refractivity (Wildman–Crippen MR) is 83.9 cm³/mol. The van der Waals surface area contributed by atoms with E-state index in [-0.39, 0.29) is 12.5 Å². The molecular formula is C13H18ClN3OS. The monoisotopic (exact) mass is 299 g/mol. The van der Waals surface area contributed by atoms with Crippen molar-refractivity contribution < 1.29 is 4.79 Å². The minimum absolute atomic E-state index is 0.0244. The molecule has 0 bridgehead atoms. The van der Waals surface area contributed by atoms with Gasteiger partial charge in [0.1, 0.15) is 4.99 Å². The molecule has 0 aliphatic rings. The maximum Gasteiger partial charge on any atom is 0.241 e. The second-order valence-electron chi connectivity index (χ2n) is 4.33. The maximum absolute atomic E-state index is 11.8. The standard InChI is InChI=1S/C13H18ClN3OS/c1-4-17(8-12(18)16(2)3)11-6-5-9(13(15)19)7-10(11)14/h5-7H,4,8H2,1-3H3,(H2,15,19). The summed E-state index contributed by atoms with van der Waals surface area (Å²) in [5.74, 6) is 0.0244. The lowest BCUT2D eigenvalue weighted by Crippen LogP contribution is -2.36. The van der Waals surface area contributed by atoms with Crippen molar-refractivity contribution in [2.75, 3.05) is 32.1 Å². The average molecular weight is 300 g/mol. The number of halogens is 1. The second-order valence-corrected chi connectivity index (χ2v) is 5.18. The molecule has 0 aromatic heterocycles. The third-order valence-electron chi connectivity index (χ3n) is 2.78. The molecule has 4 nitrogen and oxygen atoms in total. The summed E-state index contributed by atoms with van der Waals surface area (Å²) in [6.45, 7) is 2.95. The van der Waals surface area contributed by atoms with Gasteiger partial charge in [0.25, 0.3) is 0 Å². The molecule has 0 aliphatic heterocycles. The Bertz CT molecular complexity index is 491. The van der Waals surface area contributed by atoms with E-state index in [0.717, 1.165) is 11.3 Å². The van der Waals surface area contributed by atoms with Gasteiger partial charge in [-0.25, -0.2) is 0 Å². The molecule has 2 N–H and O–H groups in total. The van der Waals surface area contributed by atoms with E-state index in [0.29, 0.717) is 16.6 Å². The van der Waals surface area contributed by atoms with Crippen LogP contribution in [0, 0.1) is 0 Å². The lowest BCUT2D eigenvalue weighted by atomic mass is 10.2. The number of benzene rings is 1. The van der Waals surface area contributed by atoms with Crippen LogP contribution in [0.15, 0.2) is 18.2 Å². The summed E-state index contributed by atoms with van der Waals surface area (Å²) in [6, 6.07) is 5.37. The van der Waals surface area contributed by atoms with Crippen molar-refractivity contribution in [3.05, 3.63) is 28.8 Å². The largest absolute Gasteiger partial charge is 0.389 e. The Labute approximate surface area is 124 Å². The van der Waals surface area contributed by atoms with Gasteiger partial charge in [-0.2, -0.15) is 0 Å². The first-order valence-electron chi connectivity index (χ1n) is 5.91. The highest BCUT2D eigenvalue weighted by atomic mass is 35.5. The fourth-order valence-corrected chi connectivity index (χ4v) is 2.02. The molecular weight excluding hydrogens is 282 g/mol. The topological polar surface area (TPSA) is 49.6 Å². The summed E-state index contributed by atoms with van der Waals surface area (Å²) in [5.41, 5.74) is 7.09. The van der Waals surface area contributed by atoms with Crippen molar-refractivity contribution >= 4 is 40.4 Å². The maximum atomic E-state index is 11.8. The van der Waals surface area contributed by atoms with E-state index >= 15 is 0 Å². The number of thiocarbonyl (C=S) groups is 1. The van der Waals surface area contributed by atoms with Gasteiger partial charge in [-0.3, -0.25) is 4.79 Å². The second kappa shape index (κ2) is 6.73. The number of nitrogens with zero attached hydrogens (tertiary/aromatic N) is 2. The lowest BCUT2D eigenvalue weighted by molar-refractivity contribution is -0.127. The molecule has 0 saturated carbocycles. The number of nitrogens with two attached hydrogens (primary N) is 1. The quantitative estimate of drug-likeness (QED) is 0.844. The van der Waals surface area contributed by atoms with E-state index in [1.807, 2.05) is 24.0 Å². The molecule has 1 rings (SSSR count). The van der Waals surface area contributed by atoms with Crippen molar-refractivity contribution in [3.8, 4) is 0 Å². The third-order valence-corrected chi connectivity index (χ3v) is 3.32. The van der Waals surface area contributed by atoms with Gasteiger partial charge in [0, 0.05) is 26.2 Å². The van der Waals surface area contributed by atoms with Crippen LogP contribution in [0.25, 0.3) is 0 Å². The first-order valence-corrected chi connectivity index (χ1v) is 6.69. The van der Waals surface area contributed by atoms with E-state index < -0.39 is 0 Å². The van der Waals surface area contributed by atoms with Crippen LogP contribution >= 0.6 is 23.8 Å². The van der Waals surface area contributed by atoms with Crippen molar-refractivity contribution in [3.63, 3.8) is 0 Å². The number of hydrogen-bond acceptors (Lipinski definition) is 3. The molecule has 6 heteroatoms. The van der Waals surface area contributed by atoms with E-state index in [1.54, 1.807) is 25.1 Å². The molecule has 0 saturated heterocycles. The molecule has 0 fully saturated rings. The Hall–Kier alpha value is -1.33. The highest BCUT2D eigenvalue weighted by molar-refractivity contribution is 7.80. The minimum Gasteiger partial charge on any atom is -0.389 e. The lowest BCUT2D eigenvalue weighted by Gasteiger charge is -2.25. The van der Waals surface area contributed by atoms with E-state index in [4.69, 9.17) is 29.6 Å². The Morgan fingerprint density at radius 2 is 2.05 bits per heavy atom. The average Bonchev–Trinajstić information content (AvgIpc) is 2.35. The highest BCUT2D eigenvalue weighted by Crippen LogP contribution is 2.26. The van der Waals surface area contributed by atoms with E-state index in [1.165, 1.54) is 0 Å². The summed E-state index contributed by atoms with van der Waals surface area (Å²) in [4.78, 5) is 15.5. The number of carbonyl (C=O) groups excluding carboxylic acids is 1. The van der Waals surface area contributed by atoms with Crippen LogP contribution in [0.5, 0.6) is 0 Å². The smallest absolute Gasteiger partial charge is 0.241 e. The molecule has 0 atom stereocenters. The van der Waals surface area contributed by atoms with Crippen molar-refractivity contribution in [1.82, 2.24) is 4.90 Å². The first-order chi connectivity index (χ1) is 8.86.